The fraction of sp³-hybridized carbons (Fsp3) is 0.474. The molecule has 1 N–H and O–H groups in total. The maximum absolute atomic E-state index is 4.66. The van der Waals surface area contributed by atoms with Gasteiger partial charge in [-0.1, -0.05) is 19.9 Å². The fourth-order valence-electron chi connectivity index (χ4n) is 3.31. The normalized spacial score (nSPS) is 15.5. The van der Waals surface area contributed by atoms with Crippen molar-refractivity contribution in [1.29, 1.82) is 0 Å². The second-order valence-electron chi connectivity index (χ2n) is 7.01. The average Bonchev–Trinajstić information content (AvgIpc) is 3.16. The quantitative estimate of drug-likeness (QED) is 0.762. The number of piperidine rings is 1. The molecule has 7 heteroatoms. The molecule has 1 aliphatic heterocycles. The molecule has 0 amide bonds. The minimum absolute atomic E-state index is 0.625. The van der Waals surface area contributed by atoms with E-state index in [0.29, 0.717) is 12.3 Å². The molecule has 0 bridgehead atoms. The first kappa shape index (κ1) is 16.8. The molecule has 3 aromatic heterocycles. The van der Waals surface area contributed by atoms with Crippen molar-refractivity contribution in [3.8, 4) is 0 Å². The summed E-state index contributed by atoms with van der Waals surface area (Å²) in [5.74, 6) is 3.44. The van der Waals surface area contributed by atoms with Gasteiger partial charge in [0.25, 0.3) is 5.78 Å². The molecule has 0 aliphatic carbocycles. The van der Waals surface area contributed by atoms with E-state index in [1.165, 1.54) is 19.2 Å². The van der Waals surface area contributed by atoms with E-state index in [1.807, 2.05) is 12.3 Å². The SMILES string of the molecule is CCc1cc(NCc2ccc(N3CCC(C)CC3)nc2)n2ncnc2n1. The molecule has 7 nitrogen and oxygen atoms in total. The van der Waals surface area contributed by atoms with Crippen LogP contribution in [0, 0.1) is 5.92 Å². The molecule has 0 radical (unpaired) electrons. The van der Waals surface area contributed by atoms with E-state index < -0.39 is 0 Å². The Morgan fingerprint density at radius 2 is 2.04 bits per heavy atom. The van der Waals surface area contributed by atoms with Gasteiger partial charge in [0.1, 0.15) is 18.0 Å². The van der Waals surface area contributed by atoms with E-state index >= 15 is 0 Å². The molecule has 136 valence electrons. The largest absolute Gasteiger partial charge is 0.366 e. The lowest BCUT2D eigenvalue weighted by molar-refractivity contribution is 0.436. The first-order valence-electron chi connectivity index (χ1n) is 9.36. The van der Waals surface area contributed by atoms with Crippen LogP contribution in [0.3, 0.4) is 0 Å². The van der Waals surface area contributed by atoms with Crippen LogP contribution in [0.2, 0.25) is 0 Å². The van der Waals surface area contributed by atoms with Crippen molar-refractivity contribution in [3.63, 3.8) is 0 Å². The zero-order valence-electron chi connectivity index (χ0n) is 15.4. The smallest absolute Gasteiger partial charge is 0.254 e. The van der Waals surface area contributed by atoms with E-state index in [9.17, 15) is 0 Å². The van der Waals surface area contributed by atoms with Gasteiger partial charge in [0.15, 0.2) is 0 Å². The average molecular weight is 351 g/mol. The Balaban J connectivity index is 1.44. The van der Waals surface area contributed by atoms with Gasteiger partial charge in [-0.15, -0.1) is 0 Å². The highest BCUT2D eigenvalue weighted by molar-refractivity contribution is 5.46. The molecule has 1 fully saturated rings. The number of rotatable bonds is 5. The van der Waals surface area contributed by atoms with Crippen LogP contribution in [0.25, 0.3) is 5.78 Å². The standard InChI is InChI=1S/C19H25N7/c1-3-16-10-18(26-19(24-16)22-13-23-26)21-12-15-4-5-17(20-11-15)25-8-6-14(2)7-9-25/h4-5,10-11,13-14,21H,3,6-9,12H2,1-2H3. The number of hydrogen-bond acceptors (Lipinski definition) is 6. The second-order valence-corrected chi connectivity index (χ2v) is 7.01. The summed E-state index contributed by atoms with van der Waals surface area (Å²) in [6.07, 6.45) is 6.85. The Bertz CT molecular complexity index is 863. The third-order valence-electron chi connectivity index (χ3n) is 5.06. The summed E-state index contributed by atoms with van der Waals surface area (Å²) >= 11 is 0. The van der Waals surface area contributed by atoms with Crippen molar-refractivity contribution in [1.82, 2.24) is 24.6 Å². The van der Waals surface area contributed by atoms with E-state index in [0.717, 1.165) is 48.3 Å². The molecule has 1 saturated heterocycles. The molecule has 0 spiro atoms. The number of anilines is 2. The molecule has 0 atom stereocenters. The van der Waals surface area contributed by atoms with Gasteiger partial charge < -0.3 is 10.2 Å². The van der Waals surface area contributed by atoms with E-state index in [1.54, 1.807) is 4.52 Å². The Morgan fingerprint density at radius 1 is 1.19 bits per heavy atom. The van der Waals surface area contributed by atoms with Crippen molar-refractivity contribution in [2.75, 3.05) is 23.3 Å². The highest BCUT2D eigenvalue weighted by atomic mass is 15.3. The zero-order chi connectivity index (χ0) is 17.9. The second kappa shape index (κ2) is 7.27. The van der Waals surface area contributed by atoms with Gasteiger partial charge in [0.2, 0.25) is 0 Å². The van der Waals surface area contributed by atoms with Gasteiger partial charge in [-0.2, -0.15) is 14.6 Å². The topological polar surface area (TPSA) is 71.2 Å². The molecule has 3 aromatic rings. The number of nitrogens with one attached hydrogen (secondary N) is 1. The monoisotopic (exact) mass is 351 g/mol. The first-order chi connectivity index (χ1) is 12.7. The Hall–Kier alpha value is -2.70. The van der Waals surface area contributed by atoms with Crippen LogP contribution < -0.4 is 10.2 Å². The number of hydrogen-bond donors (Lipinski definition) is 1. The molecule has 0 unspecified atom stereocenters. The van der Waals surface area contributed by atoms with Gasteiger partial charge in [0.05, 0.1) is 0 Å². The molecule has 0 saturated carbocycles. The van der Waals surface area contributed by atoms with Crippen LogP contribution in [0.15, 0.2) is 30.7 Å². The van der Waals surface area contributed by atoms with Crippen LogP contribution in [0.5, 0.6) is 0 Å². The van der Waals surface area contributed by atoms with E-state index in [2.05, 4.69) is 56.2 Å². The summed E-state index contributed by atoms with van der Waals surface area (Å²) in [5.41, 5.74) is 2.14. The van der Waals surface area contributed by atoms with Gasteiger partial charge in [-0.05, 0) is 36.8 Å². The van der Waals surface area contributed by atoms with Gasteiger partial charge in [-0.3, -0.25) is 0 Å². The Morgan fingerprint density at radius 3 is 2.77 bits per heavy atom. The number of pyridine rings is 1. The molecular formula is C19H25N7. The number of nitrogens with zero attached hydrogens (tertiary/aromatic N) is 6. The maximum Gasteiger partial charge on any atom is 0.254 e. The van der Waals surface area contributed by atoms with E-state index in [4.69, 9.17) is 0 Å². The molecule has 4 rings (SSSR count). The van der Waals surface area contributed by atoms with Crippen LogP contribution >= 0.6 is 0 Å². The van der Waals surface area contributed by atoms with Crippen molar-refractivity contribution in [3.05, 3.63) is 42.0 Å². The van der Waals surface area contributed by atoms with Gasteiger partial charge in [0, 0.05) is 37.6 Å². The van der Waals surface area contributed by atoms with Crippen LogP contribution in [-0.2, 0) is 13.0 Å². The fourth-order valence-corrected chi connectivity index (χ4v) is 3.31. The molecule has 1 aliphatic rings. The highest BCUT2D eigenvalue weighted by Gasteiger charge is 2.16. The predicted molar refractivity (Wildman–Crippen MR) is 102 cm³/mol. The highest BCUT2D eigenvalue weighted by Crippen LogP contribution is 2.21. The lowest BCUT2D eigenvalue weighted by atomic mass is 9.99. The van der Waals surface area contributed by atoms with Crippen LogP contribution in [0.1, 0.15) is 37.9 Å². The number of aromatic nitrogens is 5. The summed E-state index contributed by atoms with van der Waals surface area (Å²) in [4.78, 5) is 15.7. The third-order valence-corrected chi connectivity index (χ3v) is 5.06. The third kappa shape index (κ3) is 3.47. The predicted octanol–water partition coefficient (Wildman–Crippen LogP) is 2.93. The Labute approximate surface area is 153 Å². The molecule has 0 aromatic carbocycles. The van der Waals surface area contributed by atoms with Crippen molar-refractivity contribution in [2.45, 2.75) is 39.7 Å². The molecule has 26 heavy (non-hydrogen) atoms. The van der Waals surface area contributed by atoms with Gasteiger partial charge >= 0.3 is 0 Å². The minimum atomic E-state index is 0.625. The summed E-state index contributed by atoms with van der Waals surface area (Å²) < 4.78 is 1.73. The zero-order valence-corrected chi connectivity index (χ0v) is 15.4. The Kier molecular flexibility index (Phi) is 4.69. The summed E-state index contributed by atoms with van der Waals surface area (Å²) in [7, 11) is 0. The molecular weight excluding hydrogens is 326 g/mol. The summed E-state index contributed by atoms with van der Waals surface area (Å²) in [6.45, 7) is 7.31. The summed E-state index contributed by atoms with van der Waals surface area (Å²) in [6, 6.07) is 6.30. The van der Waals surface area contributed by atoms with Crippen molar-refractivity contribution < 1.29 is 0 Å². The van der Waals surface area contributed by atoms with Crippen molar-refractivity contribution in [2.24, 2.45) is 5.92 Å². The minimum Gasteiger partial charge on any atom is -0.366 e. The maximum atomic E-state index is 4.66. The van der Waals surface area contributed by atoms with Crippen LogP contribution in [-0.4, -0.2) is 37.7 Å². The number of fused-ring (bicyclic) bond motifs is 1. The number of aryl methyl sites for hydroxylation is 1. The van der Waals surface area contributed by atoms with Crippen molar-refractivity contribution >= 4 is 17.4 Å². The lowest BCUT2D eigenvalue weighted by Gasteiger charge is -2.31. The summed E-state index contributed by atoms with van der Waals surface area (Å²) in [5, 5.41) is 7.68. The lowest BCUT2D eigenvalue weighted by Crippen LogP contribution is -2.33. The van der Waals surface area contributed by atoms with Gasteiger partial charge in [-0.25, -0.2) is 9.97 Å². The van der Waals surface area contributed by atoms with Crippen LogP contribution in [0.4, 0.5) is 11.6 Å². The first-order valence-corrected chi connectivity index (χ1v) is 9.36. The van der Waals surface area contributed by atoms with E-state index in [-0.39, 0.29) is 0 Å². The molecule has 4 heterocycles.